The van der Waals surface area contributed by atoms with Crippen LogP contribution in [0.4, 0.5) is 0 Å². The Hall–Kier alpha value is -1.16. The van der Waals surface area contributed by atoms with Crippen molar-refractivity contribution in [3.63, 3.8) is 0 Å². The Bertz CT molecular complexity index is 529. The highest BCUT2D eigenvalue weighted by atomic mass is 32.2. The molecule has 0 aliphatic heterocycles. The minimum absolute atomic E-state index is 0.276. The Morgan fingerprint density at radius 3 is 1.55 bits per heavy atom. The maximum Gasteiger partial charge on any atom is 0.209 e. The van der Waals surface area contributed by atoms with Crippen molar-refractivity contribution in [3.05, 3.63) is 0 Å². The molecule has 0 radical (unpaired) electrons. The summed E-state index contributed by atoms with van der Waals surface area (Å²) in [6, 6.07) is 0.552. The monoisotopic (exact) mass is 342 g/mol. The van der Waals surface area contributed by atoms with E-state index in [1.165, 1.54) is 0 Å². The summed E-state index contributed by atoms with van der Waals surface area (Å²) in [6.07, 6.45) is 0. The number of rotatable bonds is 8. The highest BCUT2D eigenvalue weighted by Crippen LogP contribution is 2.25. The van der Waals surface area contributed by atoms with Crippen LogP contribution in [0.25, 0.3) is 0 Å². The average molecular weight is 342 g/mol. The van der Waals surface area contributed by atoms with Gasteiger partial charge < -0.3 is 0 Å². The maximum absolute atomic E-state index is 4.08. The second-order valence-corrected chi connectivity index (χ2v) is 7.70. The Balaban J connectivity index is 1.82. The molecule has 122 valence electrons. The molecule has 0 aromatic carbocycles. The van der Waals surface area contributed by atoms with Gasteiger partial charge in [-0.2, -0.15) is 0 Å². The highest BCUT2D eigenvalue weighted by Gasteiger charge is 2.14. The number of tetrazole rings is 2. The van der Waals surface area contributed by atoms with Gasteiger partial charge in [0.25, 0.3) is 0 Å². The van der Waals surface area contributed by atoms with Crippen LogP contribution in [0, 0.1) is 5.92 Å². The van der Waals surface area contributed by atoms with Crippen molar-refractivity contribution in [1.82, 2.24) is 40.4 Å². The van der Waals surface area contributed by atoms with E-state index in [1.54, 1.807) is 23.5 Å². The van der Waals surface area contributed by atoms with Crippen LogP contribution < -0.4 is 0 Å². The van der Waals surface area contributed by atoms with Crippen molar-refractivity contribution < 1.29 is 0 Å². The predicted molar refractivity (Wildman–Crippen MR) is 87.0 cm³/mol. The summed E-state index contributed by atoms with van der Waals surface area (Å²) >= 11 is 3.39. The number of aromatic nitrogens is 8. The Morgan fingerprint density at radius 1 is 0.773 bits per heavy atom. The Morgan fingerprint density at radius 2 is 1.18 bits per heavy atom. The second kappa shape index (κ2) is 7.91. The first-order valence-electron chi connectivity index (χ1n) is 7.30. The molecule has 22 heavy (non-hydrogen) atoms. The van der Waals surface area contributed by atoms with Crippen LogP contribution in [0.15, 0.2) is 10.3 Å². The highest BCUT2D eigenvalue weighted by molar-refractivity contribution is 8.00. The van der Waals surface area contributed by atoms with Crippen LogP contribution in [-0.2, 0) is 0 Å². The van der Waals surface area contributed by atoms with Crippen molar-refractivity contribution in [2.45, 2.75) is 57.0 Å². The van der Waals surface area contributed by atoms with Gasteiger partial charge in [0.1, 0.15) is 0 Å². The molecule has 0 amide bonds. The molecule has 10 heteroatoms. The third-order valence-corrected chi connectivity index (χ3v) is 5.42. The van der Waals surface area contributed by atoms with E-state index in [-0.39, 0.29) is 12.1 Å². The number of hydrogen-bond acceptors (Lipinski definition) is 8. The molecule has 0 saturated heterocycles. The van der Waals surface area contributed by atoms with Crippen LogP contribution in [0.1, 0.15) is 46.7 Å². The molecule has 0 fully saturated rings. The first-order valence-corrected chi connectivity index (χ1v) is 9.27. The Kier molecular flexibility index (Phi) is 6.18. The molecule has 0 unspecified atom stereocenters. The minimum Gasteiger partial charge on any atom is -0.218 e. The van der Waals surface area contributed by atoms with Crippen LogP contribution in [-0.4, -0.2) is 51.9 Å². The van der Waals surface area contributed by atoms with Gasteiger partial charge in [0, 0.05) is 11.5 Å². The van der Waals surface area contributed by atoms with Gasteiger partial charge >= 0.3 is 0 Å². The maximum atomic E-state index is 4.08. The zero-order valence-electron chi connectivity index (χ0n) is 13.5. The van der Waals surface area contributed by atoms with Gasteiger partial charge in [0.2, 0.25) is 10.3 Å². The SMILES string of the molecule is CC(CSc1nnnn1C(C)C)CSc1nnnn1C(C)C. The van der Waals surface area contributed by atoms with Crippen LogP contribution in [0.2, 0.25) is 0 Å². The molecule has 0 bridgehead atoms. The van der Waals surface area contributed by atoms with Crippen LogP contribution in [0.5, 0.6) is 0 Å². The van der Waals surface area contributed by atoms with Gasteiger partial charge in [-0.3, -0.25) is 0 Å². The van der Waals surface area contributed by atoms with E-state index in [0.717, 1.165) is 21.8 Å². The molecule has 0 atom stereocenters. The number of hydrogen-bond donors (Lipinski definition) is 0. The molecule has 8 nitrogen and oxygen atoms in total. The van der Waals surface area contributed by atoms with Crippen LogP contribution >= 0.6 is 23.5 Å². The number of thioether (sulfide) groups is 2. The zero-order chi connectivity index (χ0) is 16.1. The molecule has 0 aliphatic carbocycles. The summed E-state index contributed by atoms with van der Waals surface area (Å²) in [5.74, 6) is 2.43. The summed E-state index contributed by atoms with van der Waals surface area (Å²) in [4.78, 5) is 0. The molecule has 2 rings (SSSR count). The fourth-order valence-corrected chi connectivity index (χ4v) is 3.89. The fraction of sp³-hybridized carbons (Fsp3) is 0.833. The smallest absolute Gasteiger partial charge is 0.209 e. The fourth-order valence-electron chi connectivity index (χ4n) is 1.69. The summed E-state index contributed by atoms with van der Waals surface area (Å²) in [5, 5.41) is 25.4. The van der Waals surface area contributed by atoms with Crippen LogP contribution in [0.3, 0.4) is 0 Å². The summed E-state index contributed by atoms with van der Waals surface area (Å²) in [5.41, 5.74) is 0. The number of nitrogens with zero attached hydrogens (tertiary/aromatic N) is 8. The summed E-state index contributed by atoms with van der Waals surface area (Å²) in [7, 11) is 0. The van der Waals surface area contributed by atoms with Crippen molar-refractivity contribution in [1.29, 1.82) is 0 Å². The molecule has 0 spiro atoms. The van der Waals surface area contributed by atoms with Crippen molar-refractivity contribution in [2.24, 2.45) is 5.92 Å². The van der Waals surface area contributed by atoms with Gasteiger partial charge in [-0.1, -0.05) is 30.4 Å². The summed E-state index contributed by atoms with van der Waals surface area (Å²) < 4.78 is 3.70. The topological polar surface area (TPSA) is 87.2 Å². The molecule has 0 N–H and O–H groups in total. The molecule has 2 heterocycles. The lowest BCUT2D eigenvalue weighted by Gasteiger charge is -2.12. The molecule has 2 aromatic rings. The van der Waals surface area contributed by atoms with E-state index in [4.69, 9.17) is 0 Å². The lowest BCUT2D eigenvalue weighted by Crippen LogP contribution is -2.09. The van der Waals surface area contributed by atoms with Gasteiger partial charge in [-0.25, -0.2) is 9.36 Å². The molecule has 0 aliphatic rings. The third kappa shape index (κ3) is 4.42. The standard InChI is InChI=1S/C12H22N8S2/c1-8(2)19-11(13-15-17-19)21-6-10(5)7-22-12-14-16-18-20(12)9(3)4/h8-10H,6-7H2,1-5H3. The summed E-state index contributed by atoms with van der Waals surface area (Å²) in [6.45, 7) is 10.5. The lowest BCUT2D eigenvalue weighted by atomic mass is 10.3. The molecular formula is C12H22N8S2. The van der Waals surface area contributed by atoms with Gasteiger partial charge in [0.05, 0.1) is 12.1 Å². The van der Waals surface area contributed by atoms with Gasteiger partial charge in [0.15, 0.2) is 0 Å². The lowest BCUT2D eigenvalue weighted by molar-refractivity contribution is 0.476. The minimum atomic E-state index is 0.276. The predicted octanol–water partition coefficient (Wildman–Crippen LogP) is 2.34. The van der Waals surface area contributed by atoms with Crippen molar-refractivity contribution >= 4 is 23.5 Å². The largest absolute Gasteiger partial charge is 0.218 e. The van der Waals surface area contributed by atoms with E-state index in [9.17, 15) is 0 Å². The van der Waals surface area contributed by atoms with E-state index in [2.05, 4.69) is 65.7 Å². The van der Waals surface area contributed by atoms with E-state index >= 15 is 0 Å². The Labute approximate surface area is 138 Å². The molecular weight excluding hydrogens is 320 g/mol. The van der Waals surface area contributed by atoms with Gasteiger partial charge in [-0.15, -0.1) is 10.2 Å². The van der Waals surface area contributed by atoms with Crippen molar-refractivity contribution in [3.8, 4) is 0 Å². The molecule has 2 aromatic heterocycles. The van der Waals surface area contributed by atoms with E-state index in [0.29, 0.717) is 5.92 Å². The second-order valence-electron chi connectivity index (χ2n) is 5.73. The zero-order valence-corrected chi connectivity index (χ0v) is 15.2. The quantitative estimate of drug-likeness (QED) is 0.676. The average Bonchev–Trinajstić information content (AvgIpc) is 3.11. The van der Waals surface area contributed by atoms with E-state index in [1.807, 2.05) is 9.36 Å². The third-order valence-electron chi connectivity index (χ3n) is 2.90. The van der Waals surface area contributed by atoms with Crippen molar-refractivity contribution in [2.75, 3.05) is 11.5 Å². The first-order chi connectivity index (χ1) is 10.5. The normalized spacial score (nSPS) is 12.0. The molecule has 0 saturated carbocycles. The first kappa shape index (κ1) is 17.2. The van der Waals surface area contributed by atoms with Gasteiger partial charge in [-0.05, 0) is 54.5 Å². The van der Waals surface area contributed by atoms with E-state index < -0.39 is 0 Å².